The maximum Gasteiger partial charge on any atom is 0.261 e. The van der Waals surface area contributed by atoms with Crippen LogP contribution in [0.2, 0.25) is 0 Å². The average molecular weight is 269 g/mol. The third-order valence-electron chi connectivity index (χ3n) is 3.56. The fourth-order valence-electron chi connectivity index (χ4n) is 2.38. The maximum absolute atomic E-state index is 12.6. The predicted octanol–water partition coefficient (Wildman–Crippen LogP) is 0.974. The molecule has 1 aromatic heterocycles. The Morgan fingerprint density at radius 2 is 2.22 bits per heavy atom. The van der Waals surface area contributed by atoms with Crippen molar-refractivity contribution >= 4 is 10.0 Å². The second-order valence-corrected chi connectivity index (χ2v) is 6.71. The normalized spacial score (nSPS) is 26.1. The highest BCUT2D eigenvalue weighted by Gasteiger charge is 2.41. The van der Waals surface area contributed by atoms with Crippen molar-refractivity contribution in [1.29, 1.82) is 0 Å². The fraction of sp³-hybridized carbons (Fsp3) is 0.583. The number of pyridine rings is 1. The molecule has 1 aliphatic rings. The summed E-state index contributed by atoms with van der Waals surface area (Å²) in [6.07, 6.45) is 4.19. The molecule has 18 heavy (non-hydrogen) atoms. The highest BCUT2D eigenvalue weighted by atomic mass is 32.2. The van der Waals surface area contributed by atoms with Crippen LogP contribution in [0.15, 0.2) is 29.4 Å². The van der Waals surface area contributed by atoms with Gasteiger partial charge >= 0.3 is 0 Å². The van der Waals surface area contributed by atoms with Gasteiger partial charge in [-0.05, 0) is 31.9 Å². The second kappa shape index (κ2) is 4.95. The zero-order valence-electron chi connectivity index (χ0n) is 10.5. The minimum absolute atomic E-state index is 0.103. The molecule has 0 spiro atoms. The van der Waals surface area contributed by atoms with Gasteiger partial charge in [-0.25, -0.2) is 13.4 Å². The SMILES string of the molecule is CC1(CN)CCCCN1S(=O)(=O)c1ccccn1. The number of hydrogen-bond acceptors (Lipinski definition) is 4. The van der Waals surface area contributed by atoms with Crippen molar-refractivity contribution in [2.75, 3.05) is 13.1 Å². The summed E-state index contributed by atoms with van der Waals surface area (Å²) in [6, 6.07) is 4.92. The lowest BCUT2D eigenvalue weighted by Gasteiger charge is -2.42. The van der Waals surface area contributed by atoms with E-state index in [1.54, 1.807) is 12.1 Å². The molecule has 0 radical (unpaired) electrons. The summed E-state index contributed by atoms with van der Waals surface area (Å²) in [5.74, 6) is 0. The molecule has 0 aliphatic carbocycles. The molecule has 1 aliphatic heterocycles. The van der Waals surface area contributed by atoms with Gasteiger partial charge in [0.2, 0.25) is 0 Å². The van der Waals surface area contributed by atoms with E-state index in [0.717, 1.165) is 19.3 Å². The van der Waals surface area contributed by atoms with Crippen LogP contribution >= 0.6 is 0 Å². The third kappa shape index (κ3) is 2.28. The Labute approximate surface area is 108 Å². The number of nitrogens with zero attached hydrogens (tertiary/aromatic N) is 2. The number of sulfonamides is 1. The molecule has 1 fully saturated rings. The molecule has 2 rings (SSSR count). The average Bonchev–Trinajstić information content (AvgIpc) is 2.40. The first-order chi connectivity index (χ1) is 8.50. The molecule has 2 N–H and O–H groups in total. The first-order valence-corrected chi connectivity index (χ1v) is 7.59. The summed E-state index contributed by atoms with van der Waals surface area (Å²) in [6.45, 7) is 2.76. The van der Waals surface area contributed by atoms with Crippen molar-refractivity contribution in [3.8, 4) is 0 Å². The number of piperidine rings is 1. The van der Waals surface area contributed by atoms with Crippen molar-refractivity contribution < 1.29 is 8.42 Å². The van der Waals surface area contributed by atoms with Gasteiger partial charge in [-0.3, -0.25) is 0 Å². The predicted molar refractivity (Wildman–Crippen MR) is 69.4 cm³/mol. The molecule has 0 saturated carbocycles. The number of aromatic nitrogens is 1. The first-order valence-electron chi connectivity index (χ1n) is 6.15. The first kappa shape index (κ1) is 13.5. The van der Waals surface area contributed by atoms with Crippen LogP contribution in [0.1, 0.15) is 26.2 Å². The lowest BCUT2D eigenvalue weighted by molar-refractivity contribution is 0.157. The van der Waals surface area contributed by atoms with Crippen LogP contribution in [0.4, 0.5) is 0 Å². The summed E-state index contributed by atoms with van der Waals surface area (Å²) >= 11 is 0. The largest absolute Gasteiger partial charge is 0.329 e. The minimum Gasteiger partial charge on any atom is -0.329 e. The molecule has 1 unspecified atom stereocenters. The minimum atomic E-state index is -3.54. The van der Waals surface area contributed by atoms with E-state index in [9.17, 15) is 8.42 Å². The Balaban J connectivity index is 2.40. The summed E-state index contributed by atoms with van der Waals surface area (Å²) in [5.41, 5.74) is 5.28. The van der Waals surface area contributed by atoms with Crippen LogP contribution in [-0.2, 0) is 10.0 Å². The number of nitrogens with two attached hydrogens (primary N) is 1. The van der Waals surface area contributed by atoms with E-state index in [0.29, 0.717) is 13.1 Å². The standard InChI is InChI=1S/C12H19N3O2S/c1-12(10-13)7-3-5-9-15(12)18(16,17)11-6-2-4-8-14-11/h2,4,6,8H,3,5,7,9-10,13H2,1H3. The van der Waals surface area contributed by atoms with Gasteiger partial charge in [0.15, 0.2) is 5.03 Å². The van der Waals surface area contributed by atoms with Gasteiger partial charge in [0.1, 0.15) is 0 Å². The highest BCUT2D eigenvalue weighted by Crippen LogP contribution is 2.31. The Morgan fingerprint density at radius 3 is 2.83 bits per heavy atom. The lowest BCUT2D eigenvalue weighted by Crippen LogP contribution is -2.56. The Morgan fingerprint density at radius 1 is 1.44 bits per heavy atom. The van der Waals surface area contributed by atoms with Crippen LogP contribution in [0, 0.1) is 0 Å². The Bertz CT molecular complexity index is 503. The molecule has 1 atom stereocenters. The Kier molecular flexibility index (Phi) is 3.70. The zero-order chi connectivity index (χ0) is 13.2. The van der Waals surface area contributed by atoms with Crippen LogP contribution in [0.25, 0.3) is 0 Å². The maximum atomic E-state index is 12.6. The number of hydrogen-bond donors (Lipinski definition) is 1. The van der Waals surface area contributed by atoms with E-state index in [4.69, 9.17) is 5.73 Å². The summed E-state index contributed by atoms with van der Waals surface area (Å²) < 4.78 is 26.7. The molecular formula is C12H19N3O2S. The van der Waals surface area contributed by atoms with Gasteiger partial charge in [-0.2, -0.15) is 4.31 Å². The van der Waals surface area contributed by atoms with Crippen LogP contribution in [0.5, 0.6) is 0 Å². The molecule has 0 amide bonds. The number of rotatable bonds is 3. The highest BCUT2D eigenvalue weighted by molar-refractivity contribution is 7.89. The van der Waals surface area contributed by atoms with Crippen molar-refractivity contribution in [1.82, 2.24) is 9.29 Å². The van der Waals surface area contributed by atoms with Crippen LogP contribution in [-0.4, -0.2) is 36.3 Å². The summed E-state index contributed by atoms with van der Waals surface area (Å²) in [4.78, 5) is 3.96. The van der Waals surface area contributed by atoms with Gasteiger partial charge in [0, 0.05) is 24.8 Å². The molecule has 0 bridgehead atoms. The monoisotopic (exact) mass is 269 g/mol. The van der Waals surface area contributed by atoms with Crippen LogP contribution < -0.4 is 5.73 Å². The molecule has 5 nitrogen and oxygen atoms in total. The van der Waals surface area contributed by atoms with Gasteiger partial charge < -0.3 is 5.73 Å². The molecule has 0 aromatic carbocycles. The van der Waals surface area contributed by atoms with Crippen molar-refractivity contribution in [3.05, 3.63) is 24.4 Å². The fourth-order valence-corrected chi connectivity index (χ4v) is 4.17. The third-order valence-corrected chi connectivity index (χ3v) is 5.53. The van der Waals surface area contributed by atoms with Gasteiger partial charge in [0.05, 0.1) is 0 Å². The molecule has 1 saturated heterocycles. The molecule has 1 aromatic rings. The second-order valence-electron chi connectivity index (χ2n) is 4.90. The van der Waals surface area contributed by atoms with Crippen molar-refractivity contribution in [2.45, 2.75) is 36.8 Å². The van der Waals surface area contributed by atoms with Crippen LogP contribution in [0.3, 0.4) is 0 Å². The topological polar surface area (TPSA) is 76.3 Å². The van der Waals surface area contributed by atoms with E-state index in [2.05, 4.69) is 4.98 Å². The Hall–Kier alpha value is -0.980. The van der Waals surface area contributed by atoms with Crippen molar-refractivity contribution in [2.24, 2.45) is 5.73 Å². The van der Waals surface area contributed by atoms with E-state index in [-0.39, 0.29) is 5.03 Å². The molecule has 100 valence electrons. The molecule has 2 heterocycles. The summed E-state index contributed by atoms with van der Waals surface area (Å²) in [5, 5.41) is 0.103. The quantitative estimate of drug-likeness (QED) is 0.887. The molecular weight excluding hydrogens is 250 g/mol. The summed E-state index contributed by atoms with van der Waals surface area (Å²) in [7, 11) is -3.54. The van der Waals surface area contributed by atoms with Gasteiger partial charge in [0.25, 0.3) is 10.0 Å². The van der Waals surface area contributed by atoms with Gasteiger partial charge in [-0.1, -0.05) is 12.5 Å². The smallest absolute Gasteiger partial charge is 0.261 e. The van der Waals surface area contributed by atoms with Gasteiger partial charge in [-0.15, -0.1) is 0 Å². The van der Waals surface area contributed by atoms with E-state index in [1.165, 1.54) is 16.6 Å². The zero-order valence-corrected chi connectivity index (χ0v) is 11.4. The van der Waals surface area contributed by atoms with E-state index in [1.807, 2.05) is 6.92 Å². The lowest BCUT2D eigenvalue weighted by atomic mass is 9.91. The van der Waals surface area contributed by atoms with E-state index >= 15 is 0 Å². The van der Waals surface area contributed by atoms with Crippen molar-refractivity contribution in [3.63, 3.8) is 0 Å². The molecule has 6 heteroatoms. The van der Waals surface area contributed by atoms with E-state index < -0.39 is 15.6 Å².